The summed E-state index contributed by atoms with van der Waals surface area (Å²) in [4.78, 5) is 49.9. The third-order valence-electron chi connectivity index (χ3n) is 5.77. The van der Waals surface area contributed by atoms with Gasteiger partial charge in [-0.15, -0.1) is 0 Å². The lowest BCUT2D eigenvalue weighted by Gasteiger charge is -2.29. The van der Waals surface area contributed by atoms with Gasteiger partial charge in [0.05, 0.1) is 13.5 Å². The van der Waals surface area contributed by atoms with Crippen LogP contribution in [0, 0.1) is 13.8 Å². The van der Waals surface area contributed by atoms with Gasteiger partial charge in [0.15, 0.2) is 0 Å². The molecular formula is C25H29N3O5. The topological polar surface area (TPSA) is 114 Å². The molecule has 0 radical (unpaired) electrons. The van der Waals surface area contributed by atoms with Gasteiger partial charge in [-0.2, -0.15) is 0 Å². The first-order chi connectivity index (χ1) is 15.8. The summed E-state index contributed by atoms with van der Waals surface area (Å²) >= 11 is 0. The van der Waals surface area contributed by atoms with Crippen LogP contribution >= 0.6 is 0 Å². The maximum Gasteiger partial charge on any atom is 0.328 e. The van der Waals surface area contributed by atoms with Gasteiger partial charge < -0.3 is 20.7 Å². The molecule has 0 aliphatic carbocycles. The lowest BCUT2D eigenvalue weighted by molar-refractivity contribution is -0.145. The first-order valence-electron chi connectivity index (χ1n) is 10.8. The summed E-state index contributed by atoms with van der Waals surface area (Å²) in [5.41, 5.74) is 4.00. The molecule has 1 heterocycles. The fraction of sp³-hybridized carbons (Fsp3) is 0.360. The lowest BCUT2D eigenvalue weighted by Crippen LogP contribution is -2.63. The van der Waals surface area contributed by atoms with Gasteiger partial charge in [-0.25, -0.2) is 4.79 Å². The molecule has 174 valence electrons. The van der Waals surface area contributed by atoms with Crippen LogP contribution in [0.25, 0.3) is 0 Å². The van der Waals surface area contributed by atoms with Crippen molar-refractivity contribution in [3.05, 3.63) is 70.8 Å². The minimum atomic E-state index is -1.01. The predicted molar refractivity (Wildman–Crippen MR) is 122 cm³/mol. The van der Waals surface area contributed by atoms with Gasteiger partial charge in [0.25, 0.3) is 0 Å². The quantitative estimate of drug-likeness (QED) is 0.521. The molecule has 3 N–H and O–H groups in total. The number of methoxy groups -OCH3 is 1. The van der Waals surface area contributed by atoms with Gasteiger partial charge in [0.2, 0.25) is 17.7 Å². The molecule has 1 aliphatic heterocycles. The maximum atomic E-state index is 12.6. The number of ether oxygens (including phenoxy) is 1. The Morgan fingerprint density at radius 2 is 1.61 bits per heavy atom. The molecule has 33 heavy (non-hydrogen) atoms. The van der Waals surface area contributed by atoms with Gasteiger partial charge in [0.1, 0.15) is 18.1 Å². The van der Waals surface area contributed by atoms with E-state index in [9.17, 15) is 19.2 Å². The normalized spacial score (nSPS) is 18.6. The maximum absolute atomic E-state index is 12.6. The van der Waals surface area contributed by atoms with E-state index >= 15 is 0 Å². The first kappa shape index (κ1) is 24.0. The second-order valence-electron chi connectivity index (χ2n) is 8.28. The number of carbonyl (C=O) groups is 4. The fourth-order valence-electron chi connectivity index (χ4n) is 3.75. The summed E-state index contributed by atoms with van der Waals surface area (Å²) in [6, 6.07) is 12.5. The second kappa shape index (κ2) is 10.8. The summed E-state index contributed by atoms with van der Waals surface area (Å²) in [5.74, 6) is -1.90. The highest BCUT2D eigenvalue weighted by Gasteiger charge is 2.35. The van der Waals surface area contributed by atoms with Crippen molar-refractivity contribution in [2.45, 2.75) is 51.2 Å². The number of aryl methyl sites for hydroxylation is 2. The average molecular weight is 452 g/mol. The number of rotatable bonds is 8. The molecule has 3 atom stereocenters. The molecule has 8 heteroatoms. The van der Waals surface area contributed by atoms with Crippen molar-refractivity contribution >= 4 is 23.7 Å². The summed E-state index contributed by atoms with van der Waals surface area (Å²) in [5, 5.41) is 7.94. The highest BCUT2D eigenvalue weighted by molar-refractivity contribution is 5.99. The number of hydrogen-bond donors (Lipinski definition) is 3. The van der Waals surface area contributed by atoms with E-state index in [2.05, 4.69) is 16.0 Å². The Labute approximate surface area is 193 Å². The smallest absolute Gasteiger partial charge is 0.328 e. The minimum absolute atomic E-state index is 0.252. The van der Waals surface area contributed by atoms with Crippen LogP contribution in [0.2, 0.25) is 0 Å². The average Bonchev–Trinajstić information content (AvgIpc) is 2.79. The van der Waals surface area contributed by atoms with Crippen molar-refractivity contribution in [2.24, 2.45) is 0 Å². The van der Waals surface area contributed by atoms with Crippen molar-refractivity contribution < 1.29 is 23.9 Å². The van der Waals surface area contributed by atoms with Crippen LogP contribution in [0.15, 0.2) is 48.5 Å². The Bertz CT molecular complexity index is 1040. The van der Waals surface area contributed by atoms with Crippen molar-refractivity contribution in [1.29, 1.82) is 0 Å². The Morgan fingerprint density at radius 1 is 0.939 bits per heavy atom. The molecule has 0 bridgehead atoms. The molecule has 0 aromatic heterocycles. The van der Waals surface area contributed by atoms with Crippen LogP contribution in [0.5, 0.6) is 0 Å². The van der Waals surface area contributed by atoms with E-state index in [1.165, 1.54) is 7.11 Å². The van der Waals surface area contributed by atoms with Crippen LogP contribution in [0.1, 0.15) is 28.7 Å². The monoisotopic (exact) mass is 451 g/mol. The highest BCUT2D eigenvalue weighted by Crippen LogP contribution is 2.13. The van der Waals surface area contributed by atoms with Crippen LogP contribution in [0.4, 0.5) is 0 Å². The Morgan fingerprint density at radius 3 is 2.27 bits per heavy atom. The van der Waals surface area contributed by atoms with Gasteiger partial charge in [0, 0.05) is 12.8 Å². The summed E-state index contributed by atoms with van der Waals surface area (Å²) in [7, 11) is 1.25. The van der Waals surface area contributed by atoms with Crippen LogP contribution in [-0.4, -0.2) is 48.9 Å². The summed E-state index contributed by atoms with van der Waals surface area (Å²) in [6.45, 7) is 3.96. The van der Waals surface area contributed by atoms with Crippen molar-refractivity contribution in [3.8, 4) is 0 Å². The molecule has 8 nitrogen and oxygen atoms in total. The molecule has 0 spiro atoms. The molecule has 1 fully saturated rings. The van der Waals surface area contributed by atoms with Gasteiger partial charge in [-0.1, -0.05) is 48.5 Å². The standard InChI is InChI=1S/C25H29N3O5/c1-15-9-10-18(11-16(15)2)13-21(25(32)33-3)26-22(29)14-20-24(31)27-19(23(30)28-20)12-17-7-5-4-6-8-17/h4-11,19-21H,12-14H2,1-3H3,(H,26,29)(H,27,31)(H,28,30)/t19-,20-,21+/m0/s1. The third-order valence-corrected chi connectivity index (χ3v) is 5.77. The molecule has 0 unspecified atom stereocenters. The number of esters is 1. The van der Waals surface area contributed by atoms with Crippen LogP contribution < -0.4 is 16.0 Å². The highest BCUT2D eigenvalue weighted by atomic mass is 16.5. The second-order valence-corrected chi connectivity index (χ2v) is 8.28. The third kappa shape index (κ3) is 6.41. The Kier molecular flexibility index (Phi) is 7.82. The van der Waals surface area contributed by atoms with Gasteiger partial charge in [-0.3, -0.25) is 14.4 Å². The Balaban J connectivity index is 1.59. The molecule has 1 aliphatic rings. The van der Waals surface area contributed by atoms with E-state index in [1.807, 2.05) is 62.4 Å². The van der Waals surface area contributed by atoms with Gasteiger partial charge >= 0.3 is 5.97 Å². The van der Waals surface area contributed by atoms with Crippen molar-refractivity contribution in [1.82, 2.24) is 16.0 Å². The van der Waals surface area contributed by atoms with E-state index < -0.39 is 35.9 Å². The number of hydrogen-bond acceptors (Lipinski definition) is 5. The van der Waals surface area contributed by atoms with E-state index in [4.69, 9.17) is 4.74 Å². The molecule has 2 aromatic carbocycles. The SMILES string of the molecule is COC(=O)[C@@H](Cc1ccc(C)c(C)c1)NC(=O)C[C@@H]1NC(=O)[C@H](Cc2ccccc2)NC1=O. The molecule has 3 rings (SSSR count). The fourth-order valence-corrected chi connectivity index (χ4v) is 3.75. The number of nitrogens with one attached hydrogen (secondary N) is 3. The molecule has 3 amide bonds. The largest absolute Gasteiger partial charge is 0.467 e. The van der Waals surface area contributed by atoms with E-state index in [-0.39, 0.29) is 18.7 Å². The van der Waals surface area contributed by atoms with E-state index in [0.29, 0.717) is 6.42 Å². The summed E-state index contributed by atoms with van der Waals surface area (Å²) in [6.07, 6.45) is 0.329. The minimum Gasteiger partial charge on any atom is -0.467 e. The number of carbonyl (C=O) groups excluding carboxylic acids is 4. The van der Waals surface area contributed by atoms with Crippen molar-refractivity contribution in [3.63, 3.8) is 0 Å². The van der Waals surface area contributed by atoms with E-state index in [0.717, 1.165) is 22.3 Å². The Hall–Kier alpha value is -3.68. The zero-order valence-electron chi connectivity index (χ0n) is 19.0. The van der Waals surface area contributed by atoms with Gasteiger partial charge in [-0.05, 0) is 36.1 Å². The number of amides is 3. The zero-order valence-corrected chi connectivity index (χ0v) is 19.0. The summed E-state index contributed by atoms with van der Waals surface area (Å²) < 4.78 is 4.84. The lowest BCUT2D eigenvalue weighted by atomic mass is 9.99. The molecule has 1 saturated heterocycles. The van der Waals surface area contributed by atoms with Crippen LogP contribution in [0.3, 0.4) is 0 Å². The van der Waals surface area contributed by atoms with Crippen LogP contribution in [-0.2, 0) is 36.8 Å². The zero-order chi connectivity index (χ0) is 24.0. The molecular weight excluding hydrogens is 422 g/mol. The number of benzene rings is 2. The molecule has 0 saturated carbocycles. The van der Waals surface area contributed by atoms with Crippen molar-refractivity contribution in [2.75, 3.05) is 7.11 Å². The predicted octanol–water partition coefficient (Wildman–Crippen LogP) is 1.12. The molecule has 2 aromatic rings. The van der Waals surface area contributed by atoms with E-state index in [1.54, 1.807) is 0 Å². The first-order valence-corrected chi connectivity index (χ1v) is 10.8. The number of piperazine rings is 1.